The number of hydrogen-bond donors (Lipinski definition) is 2. The van der Waals surface area contributed by atoms with Crippen LogP contribution in [0, 0.1) is 11.8 Å². The van der Waals surface area contributed by atoms with Crippen molar-refractivity contribution in [2.45, 2.75) is 32.0 Å². The molecule has 5 nitrogen and oxygen atoms in total. The quantitative estimate of drug-likeness (QED) is 0.892. The van der Waals surface area contributed by atoms with Gasteiger partial charge < -0.3 is 15.6 Å². The maximum absolute atomic E-state index is 13.1. The van der Waals surface area contributed by atoms with Gasteiger partial charge in [-0.1, -0.05) is 13.8 Å². The predicted molar refractivity (Wildman–Crippen MR) is 87.8 cm³/mol. The zero-order chi connectivity index (χ0) is 17.9. The van der Waals surface area contributed by atoms with Crippen LogP contribution >= 0.6 is 0 Å². The van der Waals surface area contributed by atoms with Gasteiger partial charge in [0.1, 0.15) is 11.6 Å². The summed E-state index contributed by atoms with van der Waals surface area (Å²) >= 11 is 0. The van der Waals surface area contributed by atoms with Crippen LogP contribution < -0.4 is 11.1 Å². The number of alkyl halides is 3. The Labute approximate surface area is 143 Å². The highest BCUT2D eigenvalue weighted by atomic mass is 19.4. The molecule has 1 saturated heterocycles. The van der Waals surface area contributed by atoms with Crippen molar-refractivity contribution in [3.8, 4) is 11.3 Å². The molecule has 1 aliphatic heterocycles. The van der Waals surface area contributed by atoms with E-state index in [-0.39, 0.29) is 5.92 Å². The van der Waals surface area contributed by atoms with Crippen molar-refractivity contribution in [3.05, 3.63) is 29.8 Å². The fourth-order valence-corrected chi connectivity index (χ4v) is 3.85. The van der Waals surface area contributed by atoms with Crippen LogP contribution in [0.4, 0.5) is 19.0 Å². The fourth-order valence-electron chi connectivity index (χ4n) is 3.85. The van der Waals surface area contributed by atoms with Gasteiger partial charge in [-0.25, -0.2) is 9.97 Å². The Morgan fingerprint density at radius 1 is 1.28 bits per heavy atom. The highest BCUT2D eigenvalue weighted by Gasteiger charge is 2.54. The van der Waals surface area contributed by atoms with Crippen LogP contribution in [0.25, 0.3) is 11.3 Å². The summed E-state index contributed by atoms with van der Waals surface area (Å²) in [7, 11) is 0. The zero-order valence-corrected chi connectivity index (χ0v) is 14.0. The molecule has 1 saturated carbocycles. The summed E-state index contributed by atoms with van der Waals surface area (Å²) in [5.41, 5.74) is 5.33. The maximum Gasteiger partial charge on any atom is 0.419 e. The molecule has 4 rings (SSSR count). The summed E-state index contributed by atoms with van der Waals surface area (Å²) in [5, 5.41) is 3.36. The molecule has 2 aromatic rings. The Morgan fingerprint density at radius 3 is 2.56 bits per heavy atom. The van der Waals surface area contributed by atoms with E-state index in [1.807, 2.05) is 20.0 Å². The number of nitrogen functional groups attached to an aromatic ring is 1. The lowest BCUT2D eigenvalue weighted by Crippen LogP contribution is -2.17. The largest absolute Gasteiger partial charge is 0.419 e. The van der Waals surface area contributed by atoms with Crippen LogP contribution in [0.15, 0.2) is 18.5 Å². The highest BCUT2D eigenvalue weighted by Crippen LogP contribution is 2.53. The van der Waals surface area contributed by atoms with Crippen LogP contribution in [0.2, 0.25) is 0 Å². The lowest BCUT2D eigenvalue weighted by molar-refractivity contribution is -0.137. The number of hydrogen-bond acceptors (Lipinski definition) is 4. The van der Waals surface area contributed by atoms with E-state index < -0.39 is 17.6 Å². The number of fused-ring (bicyclic) bond motifs is 1. The fraction of sp³-hybridized carbons (Fsp3) is 0.529. The first-order valence-corrected chi connectivity index (χ1v) is 8.40. The Morgan fingerprint density at radius 2 is 1.96 bits per heavy atom. The molecule has 0 amide bonds. The number of halogens is 3. The van der Waals surface area contributed by atoms with E-state index in [1.165, 1.54) is 6.20 Å². The summed E-state index contributed by atoms with van der Waals surface area (Å²) in [6.45, 7) is 6.06. The van der Waals surface area contributed by atoms with E-state index >= 15 is 0 Å². The first kappa shape index (κ1) is 16.4. The summed E-state index contributed by atoms with van der Waals surface area (Å²) < 4.78 is 41.4. The smallest absolute Gasteiger partial charge is 0.383 e. The van der Waals surface area contributed by atoms with Gasteiger partial charge in [0.05, 0.1) is 11.3 Å². The molecular weight excluding hydrogens is 331 g/mol. The molecule has 2 unspecified atom stereocenters. The van der Waals surface area contributed by atoms with E-state index in [0.717, 1.165) is 25.0 Å². The van der Waals surface area contributed by atoms with Crippen molar-refractivity contribution in [3.63, 3.8) is 0 Å². The summed E-state index contributed by atoms with van der Waals surface area (Å²) in [5.74, 6) is 1.76. The third kappa shape index (κ3) is 2.68. The van der Waals surface area contributed by atoms with E-state index in [4.69, 9.17) is 5.73 Å². The van der Waals surface area contributed by atoms with Crippen LogP contribution in [0.5, 0.6) is 0 Å². The molecule has 0 aromatic carbocycles. The number of aromatic nitrogens is 3. The molecule has 2 atom stereocenters. The molecule has 8 heteroatoms. The van der Waals surface area contributed by atoms with Crippen LogP contribution in [0.3, 0.4) is 0 Å². The van der Waals surface area contributed by atoms with E-state index in [9.17, 15) is 13.2 Å². The van der Waals surface area contributed by atoms with Crippen molar-refractivity contribution in [2.75, 3.05) is 18.8 Å². The van der Waals surface area contributed by atoms with Crippen molar-refractivity contribution in [1.82, 2.24) is 19.9 Å². The van der Waals surface area contributed by atoms with E-state index in [1.54, 1.807) is 0 Å². The van der Waals surface area contributed by atoms with Gasteiger partial charge in [0.15, 0.2) is 0 Å². The number of nitrogens with zero attached hydrogens (tertiary/aromatic N) is 3. The molecule has 0 bridgehead atoms. The number of anilines is 1. The second kappa shape index (κ2) is 5.45. The Balaban J connectivity index is 1.74. The predicted octanol–water partition coefficient (Wildman–Crippen LogP) is 3.06. The van der Waals surface area contributed by atoms with E-state index in [0.29, 0.717) is 29.1 Å². The van der Waals surface area contributed by atoms with Gasteiger partial charge in [-0.2, -0.15) is 13.2 Å². The topological polar surface area (TPSA) is 68.8 Å². The standard InChI is InChI=1S/C17H20F3N5/c1-8(2)16-24-13(7-25(16)14-10-5-22-6-11(10)14)9-3-12(17(18,19)20)15(21)23-4-9/h3-4,7-8,10-11,14,22H,5-6H2,1-2H3,(H2,21,23). The van der Waals surface area contributed by atoms with Crippen molar-refractivity contribution in [1.29, 1.82) is 0 Å². The molecule has 0 spiro atoms. The normalized spacial score (nSPS) is 25.4. The van der Waals surface area contributed by atoms with Crippen LogP contribution in [0.1, 0.15) is 37.2 Å². The van der Waals surface area contributed by atoms with Crippen LogP contribution in [-0.4, -0.2) is 27.6 Å². The molecule has 25 heavy (non-hydrogen) atoms. The van der Waals surface area contributed by atoms with Crippen LogP contribution in [-0.2, 0) is 6.18 Å². The number of imidazole rings is 1. The molecule has 134 valence electrons. The Hall–Kier alpha value is -2.09. The molecule has 2 aliphatic rings. The second-order valence-electron chi connectivity index (χ2n) is 7.18. The summed E-state index contributed by atoms with van der Waals surface area (Å²) in [4.78, 5) is 8.34. The maximum atomic E-state index is 13.1. The lowest BCUT2D eigenvalue weighted by atomic mass is 10.1. The minimum atomic E-state index is -4.53. The van der Waals surface area contributed by atoms with Crippen molar-refractivity contribution >= 4 is 5.82 Å². The monoisotopic (exact) mass is 351 g/mol. The molecule has 3 N–H and O–H groups in total. The summed E-state index contributed by atoms with van der Waals surface area (Å²) in [6.07, 6.45) is -1.31. The average Bonchev–Trinajstić information content (AvgIpc) is 2.93. The SMILES string of the molecule is CC(C)c1nc(-c2cnc(N)c(C(F)(F)F)c2)cn1C1C2CNCC21. The molecule has 0 radical (unpaired) electrons. The summed E-state index contributed by atoms with van der Waals surface area (Å²) in [6, 6.07) is 1.43. The number of rotatable bonds is 3. The van der Waals surface area contributed by atoms with Gasteiger partial charge in [-0.3, -0.25) is 0 Å². The van der Waals surface area contributed by atoms with E-state index in [2.05, 4.69) is 19.9 Å². The minimum absolute atomic E-state index is 0.187. The van der Waals surface area contributed by atoms with Gasteiger partial charge in [0, 0.05) is 43.0 Å². The number of nitrogens with one attached hydrogen (secondary N) is 1. The zero-order valence-electron chi connectivity index (χ0n) is 14.0. The van der Waals surface area contributed by atoms with Gasteiger partial charge in [-0.05, 0) is 17.9 Å². The molecule has 2 fully saturated rings. The third-order valence-corrected chi connectivity index (χ3v) is 5.16. The Bertz CT molecular complexity index is 801. The molecule has 3 heterocycles. The number of pyridine rings is 1. The third-order valence-electron chi connectivity index (χ3n) is 5.16. The van der Waals surface area contributed by atoms with Crippen molar-refractivity contribution in [2.24, 2.45) is 11.8 Å². The number of nitrogens with two attached hydrogens (primary N) is 1. The second-order valence-corrected chi connectivity index (χ2v) is 7.18. The molecule has 1 aliphatic carbocycles. The van der Waals surface area contributed by atoms with Gasteiger partial charge in [0.2, 0.25) is 0 Å². The first-order chi connectivity index (χ1) is 11.8. The molecule has 2 aromatic heterocycles. The number of piperidine rings is 1. The minimum Gasteiger partial charge on any atom is -0.383 e. The van der Waals surface area contributed by atoms with Gasteiger partial charge in [0.25, 0.3) is 0 Å². The van der Waals surface area contributed by atoms with Gasteiger partial charge in [-0.15, -0.1) is 0 Å². The van der Waals surface area contributed by atoms with Crippen molar-refractivity contribution < 1.29 is 13.2 Å². The molecular formula is C17H20F3N5. The highest BCUT2D eigenvalue weighted by molar-refractivity contribution is 5.62. The average molecular weight is 351 g/mol. The lowest BCUT2D eigenvalue weighted by Gasteiger charge is -2.12. The first-order valence-electron chi connectivity index (χ1n) is 8.40. The van der Waals surface area contributed by atoms with Gasteiger partial charge >= 0.3 is 6.18 Å². The Kier molecular flexibility index (Phi) is 3.57.